The second kappa shape index (κ2) is 12.8. The van der Waals surface area contributed by atoms with Gasteiger partial charge in [-0.25, -0.2) is 14.8 Å². The van der Waals surface area contributed by atoms with Crippen molar-refractivity contribution in [2.75, 3.05) is 18.4 Å². The molecule has 3 atom stereocenters. The number of benzene rings is 1. The van der Waals surface area contributed by atoms with E-state index >= 15 is 0 Å². The van der Waals surface area contributed by atoms with Gasteiger partial charge in [0.2, 0.25) is 11.9 Å². The van der Waals surface area contributed by atoms with E-state index in [1.807, 2.05) is 89.3 Å². The predicted octanol–water partition coefficient (Wildman–Crippen LogP) is 4.92. The molecule has 0 bridgehead atoms. The van der Waals surface area contributed by atoms with Crippen LogP contribution in [-0.2, 0) is 36.1 Å². The highest BCUT2D eigenvalue weighted by molar-refractivity contribution is 5.81. The number of piperidine rings is 1. The van der Waals surface area contributed by atoms with E-state index in [0.717, 1.165) is 28.3 Å². The molecule has 44 heavy (non-hydrogen) atoms. The first-order valence-electron chi connectivity index (χ1n) is 15.5. The summed E-state index contributed by atoms with van der Waals surface area (Å²) in [7, 11) is 1.88. The van der Waals surface area contributed by atoms with E-state index in [0.29, 0.717) is 45.0 Å². The Labute approximate surface area is 259 Å². The number of anilines is 1. The van der Waals surface area contributed by atoms with Crippen molar-refractivity contribution < 1.29 is 19.1 Å². The summed E-state index contributed by atoms with van der Waals surface area (Å²) in [4.78, 5) is 40.5. The molecule has 11 heteroatoms. The molecule has 1 saturated heterocycles. The fraction of sp³-hybridized carbons (Fsp3) is 0.545. The molecular weight excluding hydrogens is 558 g/mol. The van der Waals surface area contributed by atoms with Crippen molar-refractivity contribution in [2.24, 2.45) is 13.0 Å². The van der Waals surface area contributed by atoms with Crippen LogP contribution in [0.3, 0.4) is 0 Å². The first-order chi connectivity index (χ1) is 20.9. The Bertz CT molecular complexity index is 1480. The number of fused-ring (bicyclic) bond motifs is 1. The minimum absolute atomic E-state index is 0.00827. The van der Waals surface area contributed by atoms with Gasteiger partial charge >= 0.3 is 6.09 Å². The minimum Gasteiger partial charge on any atom is -0.491 e. The summed E-state index contributed by atoms with van der Waals surface area (Å²) in [5.74, 6) is 0.820. The SMILES string of the molecule is CC(C)Oc1cccc(C2CN(C(=O)OC(C)(C)C)CC[C@H]2C(=O)N2Cc3nc(NCc4ccn(C)n4)ncc3C[C@H]2C)c1. The molecule has 0 saturated carbocycles. The smallest absolute Gasteiger partial charge is 0.410 e. The first kappa shape index (κ1) is 31.3. The number of amides is 2. The van der Waals surface area contributed by atoms with Gasteiger partial charge in [-0.1, -0.05) is 12.1 Å². The van der Waals surface area contributed by atoms with Crippen molar-refractivity contribution >= 4 is 17.9 Å². The molecule has 5 rings (SSSR count). The van der Waals surface area contributed by atoms with Crippen molar-refractivity contribution in [3.8, 4) is 5.75 Å². The monoisotopic (exact) mass is 603 g/mol. The van der Waals surface area contributed by atoms with E-state index in [9.17, 15) is 9.59 Å². The molecule has 0 radical (unpaired) electrons. The van der Waals surface area contributed by atoms with Crippen molar-refractivity contribution in [2.45, 2.75) is 91.1 Å². The number of carbonyl (C=O) groups excluding carboxylic acids is 2. The van der Waals surface area contributed by atoms with E-state index in [1.54, 1.807) is 9.58 Å². The van der Waals surface area contributed by atoms with Crippen molar-refractivity contribution in [3.05, 3.63) is 65.2 Å². The van der Waals surface area contributed by atoms with E-state index in [2.05, 4.69) is 22.3 Å². The van der Waals surface area contributed by atoms with E-state index in [1.165, 1.54) is 0 Å². The maximum atomic E-state index is 14.4. The maximum absolute atomic E-state index is 14.4. The van der Waals surface area contributed by atoms with Crippen molar-refractivity contribution in [1.82, 2.24) is 29.5 Å². The van der Waals surface area contributed by atoms with Crippen molar-refractivity contribution in [1.29, 1.82) is 0 Å². The van der Waals surface area contributed by atoms with Crippen LogP contribution < -0.4 is 10.1 Å². The molecule has 11 nitrogen and oxygen atoms in total. The number of aromatic nitrogens is 4. The zero-order valence-electron chi connectivity index (χ0n) is 26.9. The van der Waals surface area contributed by atoms with Gasteiger partial charge in [0, 0.05) is 50.4 Å². The second-order valence-corrected chi connectivity index (χ2v) is 13.2. The molecule has 2 aliphatic rings. The van der Waals surface area contributed by atoms with E-state index in [4.69, 9.17) is 14.5 Å². The largest absolute Gasteiger partial charge is 0.491 e. The Morgan fingerprint density at radius 2 is 1.98 bits per heavy atom. The molecule has 1 aromatic carbocycles. The number of rotatable bonds is 7. The molecule has 2 amide bonds. The van der Waals surface area contributed by atoms with Gasteiger partial charge in [-0.15, -0.1) is 0 Å². The molecule has 1 N–H and O–H groups in total. The van der Waals surface area contributed by atoms with Crippen LogP contribution in [0.5, 0.6) is 5.75 Å². The number of hydrogen-bond donors (Lipinski definition) is 1. The number of nitrogens with one attached hydrogen (secondary N) is 1. The third-order valence-electron chi connectivity index (χ3n) is 8.04. The minimum atomic E-state index is -0.603. The molecule has 0 aliphatic carbocycles. The van der Waals surface area contributed by atoms with Gasteiger partial charge < -0.3 is 24.6 Å². The van der Waals surface area contributed by atoms with Gasteiger partial charge in [0.05, 0.1) is 30.6 Å². The lowest BCUT2D eigenvalue weighted by molar-refractivity contribution is -0.141. The number of aryl methyl sites for hydroxylation is 1. The maximum Gasteiger partial charge on any atom is 0.410 e. The van der Waals surface area contributed by atoms with Crippen LogP contribution in [0.15, 0.2) is 42.7 Å². The van der Waals surface area contributed by atoms with Gasteiger partial charge in [0.15, 0.2) is 0 Å². The summed E-state index contributed by atoms with van der Waals surface area (Å²) in [5.41, 5.74) is 3.17. The fourth-order valence-corrected chi connectivity index (χ4v) is 5.98. The highest BCUT2D eigenvalue weighted by Gasteiger charge is 2.42. The topological polar surface area (TPSA) is 115 Å². The average molecular weight is 604 g/mol. The summed E-state index contributed by atoms with van der Waals surface area (Å²) in [6.07, 6.45) is 4.64. The lowest BCUT2D eigenvalue weighted by Gasteiger charge is -2.42. The fourth-order valence-electron chi connectivity index (χ4n) is 5.98. The van der Waals surface area contributed by atoms with Crippen LogP contribution in [0, 0.1) is 5.92 Å². The van der Waals surface area contributed by atoms with Crippen LogP contribution in [0.25, 0.3) is 0 Å². The Morgan fingerprint density at radius 3 is 2.68 bits per heavy atom. The number of likely N-dealkylation sites (tertiary alicyclic amines) is 1. The van der Waals surface area contributed by atoms with Crippen LogP contribution in [0.4, 0.5) is 10.7 Å². The Kier molecular flexibility index (Phi) is 9.12. The van der Waals surface area contributed by atoms with Gasteiger partial charge in [-0.2, -0.15) is 5.10 Å². The summed E-state index contributed by atoms with van der Waals surface area (Å²) >= 11 is 0. The Hall–Kier alpha value is -4.15. The van der Waals surface area contributed by atoms with Crippen LogP contribution in [0.2, 0.25) is 0 Å². The third kappa shape index (κ3) is 7.49. The zero-order chi connectivity index (χ0) is 31.6. The van der Waals surface area contributed by atoms with Crippen LogP contribution in [-0.4, -0.2) is 72.4 Å². The summed E-state index contributed by atoms with van der Waals surface area (Å²) in [6, 6.07) is 9.85. The van der Waals surface area contributed by atoms with E-state index in [-0.39, 0.29) is 36.0 Å². The molecule has 3 aromatic rings. The zero-order valence-corrected chi connectivity index (χ0v) is 26.9. The number of ether oxygens (including phenoxy) is 2. The molecular formula is C33H45N7O4. The normalized spacial score (nSPS) is 20.3. The first-order valence-corrected chi connectivity index (χ1v) is 15.5. The molecule has 1 fully saturated rings. The molecule has 2 aliphatic heterocycles. The van der Waals surface area contributed by atoms with Crippen molar-refractivity contribution in [3.63, 3.8) is 0 Å². The van der Waals surface area contributed by atoms with Gasteiger partial charge in [-0.3, -0.25) is 9.48 Å². The molecule has 1 unspecified atom stereocenters. The van der Waals surface area contributed by atoms with Crippen LogP contribution >= 0.6 is 0 Å². The molecule has 236 valence electrons. The molecule has 0 spiro atoms. The highest BCUT2D eigenvalue weighted by atomic mass is 16.6. The summed E-state index contributed by atoms with van der Waals surface area (Å²) < 4.78 is 13.5. The lowest BCUT2D eigenvalue weighted by atomic mass is 9.79. The van der Waals surface area contributed by atoms with Crippen LogP contribution in [0.1, 0.15) is 76.4 Å². The second-order valence-electron chi connectivity index (χ2n) is 13.2. The number of nitrogens with zero attached hydrogens (tertiary/aromatic N) is 6. The standard InChI is InChI=1S/C33H45N7O4/c1-21(2)43-26-10-8-9-23(16-26)28-19-39(32(42)44-33(4,5)6)14-12-27(28)30(41)40-20-29-24(15-22(40)3)17-34-31(36-29)35-18-25-11-13-38(7)37-25/h8-11,13,16-17,21-22,27-28H,12,14-15,18-20H2,1-7H3,(H,34,35,36)/t22-,27-,28?/m1/s1. The number of hydrogen-bond acceptors (Lipinski definition) is 8. The third-order valence-corrected chi connectivity index (χ3v) is 8.04. The van der Waals surface area contributed by atoms with Gasteiger partial charge in [-0.05, 0) is 83.7 Å². The lowest BCUT2D eigenvalue weighted by Crippen LogP contribution is -2.52. The summed E-state index contributed by atoms with van der Waals surface area (Å²) in [6.45, 7) is 13.4. The van der Waals surface area contributed by atoms with Gasteiger partial charge in [0.25, 0.3) is 0 Å². The molecule has 4 heterocycles. The van der Waals surface area contributed by atoms with E-state index < -0.39 is 5.60 Å². The average Bonchev–Trinajstić information content (AvgIpc) is 3.39. The number of carbonyl (C=O) groups is 2. The quantitative estimate of drug-likeness (QED) is 0.405. The highest BCUT2D eigenvalue weighted by Crippen LogP contribution is 2.37. The Morgan fingerprint density at radius 1 is 1.18 bits per heavy atom. The summed E-state index contributed by atoms with van der Waals surface area (Å²) in [5, 5.41) is 7.66. The van der Waals surface area contributed by atoms with Gasteiger partial charge in [0.1, 0.15) is 11.4 Å². The Balaban J connectivity index is 1.37. The predicted molar refractivity (Wildman–Crippen MR) is 167 cm³/mol. The molecule has 2 aromatic heterocycles.